The quantitative estimate of drug-likeness (QED) is 0.815. The van der Waals surface area contributed by atoms with Gasteiger partial charge in [-0.05, 0) is 33.1 Å². The molecule has 2 aliphatic rings. The van der Waals surface area contributed by atoms with Crippen LogP contribution in [0.4, 0.5) is 0 Å². The molecular weight excluding hydrogens is 228 g/mol. The van der Waals surface area contributed by atoms with Gasteiger partial charge in [-0.25, -0.2) is 0 Å². The Balaban J connectivity index is 2.37. The Kier molecular flexibility index (Phi) is 3.64. The van der Waals surface area contributed by atoms with Gasteiger partial charge in [0.1, 0.15) is 11.6 Å². The Morgan fingerprint density at radius 2 is 1.94 bits per heavy atom. The number of carbonyl (C=O) groups excluding carboxylic acids is 2. The van der Waals surface area contributed by atoms with Gasteiger partial charge in [-0.3, -0.25) is 9.59 Å². The van der Waals surface area contributed by atoms with E-state index in [0.717, 1.165) is 32.1 Å². The minimum absolute atomic E-state index is 0.0644. The molecule has 2 rings (SSSR count). The number of nitrogens with zero attached hydrogens (tertiary/aromatic N) is 1. The van der Waals surface area contributed by atoms with E-state index in [4.69, 9.17) is 0 Å². The fourth-order valence-corrected chi connectivity index (χ4v) is 3.35. The summed E-state index contributed by atoms with van der Waals surface area (Å²) in [7, 11) is 0. The van der Waals surface area contributed by atoms with Crippen LogP contribution in [-0.4, -0.2) is 34.3 Å². The summed E-state index contributed by atoms with van der Waals surface area (Å²) >= 11 is 0. The fourth-order valence-electron chi connectivity index (χ4n) is 3.35. The average Bonchev–Trinajstić information content (AvgIpc) is 2.38. The monoisotopic (exact) mass is 252 g/mol. The van der Waals surface area contributed by atoms with Crippen LogP contribution in [0.1, 0.15) is 59.3 Å². The molecule has 0 aromatic rings. The zero-order chi connectivity index (χ0) is 13.3. The Labute approximate surface area is 109 Å². The van der Waals surface area contributed by atoms with Crippen LogP contribution in [0.15, 0.2) is 0 Å². The summed E-state index contributed by atoms with van der Waals surface area (Å²) in [5.74, 6) is 0.153. The summed E-state index contributed by atoms with van der Waals surface area (Å²) in [5.41, 5.74) is -0.558. The first-order valence-electron chi connectivity index (χ1n) is 7.17. The van der Waals surface area contributed by atoms with Crippen molar-refractivity contribution < 1.29 is 9.59 Å². The third-order valence-corrected chi connectivity index (χ3v) is 4.55. The van der Waals surface area contributed by atoms with Gasteiger partial charge in [0.2, 0.25) is 11.8 Å². The Bertz CT molecular complexity index is 346. The third kappa shape index (κ3) is 1.91. The van der Waals surface area contributed by atoms with Crippen LogP contribution in [0.5, 0.6) is 0 Å². The topological polar surface area (TPSA) is 49.4 Å². The van der Waals surface area contributed by atoms with E-state index in [9.17, 15) is 9.59 Å². The highest BCUT2D eigenvalue weighted by Gasteiger charge is 2.52. The molecule has 0 aromatic heterocycles. The number of piperazine rings is 1. The highest BCUT2D eigenvalue weighted by atomic mass is 16.2. The molecular formula is C14H24N2O2. The number of nitrogens with one attached hydrogen (secondary N) is 1. The zero-order valence-corrected chi connectivity index (χ0v) is 11.7. The predicted octanol–water partition coefficient (Wildman–Crippen LogP) is 1.83. The summed E-state index contributed by atoms with van der Waals surface area (Å²) < 4.78 is 0. The van der Waals surface area contributed by atoms with Gasteiger partial charge in [0.05, 0.1) is 0 Å². The van der Waals surface area contributed by atoms with Crippen LogP contribution >= 0.6 is 0 Å². The molecule has 18 heavy (non-hydrogen) atoms. The number of carbonyl (C=O) groups is 2. The normalized spacial score (nSPS) is 29.3. The minimum Gasteiger partial charge on any atom is -0.343 e. The largest absolute Gasteiger partial charge is 0.343 e. The van der Waals surface area contributed by atoms with E-state index < -0.39 is 5.54 Å². The molecule has 2 fully saturated rings. The second kappa shape index (κ2) is 4.90. The molecule has 0 bridgehead atoms. The van der Waals surface area contributed by atoms with Crippen LogP contribution in [-0.2, 0) is 9.59 Å². The SMILES string of the molecule is CCC(C)N1C(=O)C(C)NC(=O)C12CCCCC2. The number of hydrogen-bond acceptors (Lipinski definition) is 2. The van der Waals surface area contributed by atoms with Crippen molar-refractivity contribution in [2.75, 3.05) is 0 Å². The molecule has 0 radical (unpaired) electrons. The van der Waals surface area contributed by atoms with E-state index in [0.29, 0.717) is 0 Å². The van der Waals surface area contributed by atoms with Crippen LogP contribution in [0.2, 0.25) is 0 Å². The fraction of sp³-hybridized carbons (Fsp3) is 0.857. The van der Waals surface area contributed by atoms with Crippen molar-refractivity contribution in [1.82, 2.24) is 10.2 Å². The van der Waals surface area contributed by atoms with Crippen molar-refractivity contribution in [3.63, 3.8) is 0 Å². The second-order valence-corrected chi connectivity index (χ2v) is 5.75. The lowest BCUT2D eigenvalue weighted by atomic mass is 9.76. The molecule has 1 spiro atoms. The number of amides is 2. The van der Waals surface area contributed by atoms with Gasteiger partial charge in [-0.2, -0.15) is 0 Å². The van der Waals surface area contributed by atoms with E-state index in [1.807, 2.05) is 4.90 Å². The van der Waals surface area contributed by atoms with Crippen LogP contribution in [0, 0.1) is 0 Å². The standard InChI is InChI=1S/C14H24N2O2/c1-4-10(2)16-12(17)11(3)15-13(18)14(16)8-6-5-7-9-14/h10-11H,4-9H2,1-3H3,(H,15,18). The molecule has 2 amide bonds. The molecule has 1 heterocycles. The lowest BCUT2D eigenvalue weighted by Crippen LogP contribution is -2.72. The molecule has 2 unspecified atom stereocenters. The van der Waals surface area contributed by atoms with Crippen LogP contribution in [0.3, 0.4) is 0 Å². The van der Waals surface area contributed by atoms with Gasteiger partial charge in [0.15, 0.2) is 0 Å². The van der Waals surface area contributed by atoms with E-state index >= 15 is 0 Å². The Hall–Kier alpha value is -1.06. The maximum atomic E-state index is 12.5. The molecule has 1 saturated heterocycles. The molecule has 0 aromatic carbocycles. The highest BCUT2D eigenvalue weighted by molar-refractivity contribution is 5.99. The number of rotatable bonds is 2. The average molecular weight is 252 g/mol. The van der Waals surface area contributed by atoms with Crippen molar-refractivity contribution in [2.24, 2.45) is 0 Å². The molecule has 1 aliphatic heterocycles. The van der Waals surface area contributed by atoms with Gasteiger partial charge in [-0.15, -0.1) is 0 Å². The highest BCUT2D eigenvalue weighted by Crippen LogP contribution is 2.38. The predicted molar refractivity (Wildman–Crippen MR) is 70.0 cm³/mol. The van der Waals surface area contributed by atoms with Crippen molar-refractivity contribution in [3.05, 3.63) is 0 Å². The van der Waals surface area contributed by atoms with Crippen molar-refractivity contribution in [3.8, 4) is 0 Å². The molecule has 4 heteroatoms. The van der Waals surface area contributed by atoms with Crippen LogP contribution < -0.4 is 5.32 Å². The maximum Gasteiger partial charge on any atom is 0.246 e. The van der Waals surface area contributed by atoms with E-state index in [-0.39, 0.29) is 23.9 Å². The first-order chi connectivity index (χ1) is 8.53. The van der Waals surface area contributed by atoms with Gasteiger partial charge in [-0.1, -0.05) is 26.2 Å². The molecule has 102 valence electrons. The molecule has 2 atom stereocenters. The van der Waals surface area contributed by atoms with Crippen LogP contribution in [0.25, 0.3) is 0 Å². The first kappa shape index (κ1) is 13.4. The molecule has 4 nitrogen and oxygen atoms in total. The van der Waals surface area contributed by atoms with E-state index in [2.05, 4.69) is 19.2 Å². The summed E-state index contributed by atoms with van der Waals surface area (Å²) in [6.07, 6.45) is 5.80. The number of hydrogen-bond donors (Lipinski definition) is 1. The second-order valence-electron chi connectivity index (χ2n) is 5.75. The maximum absolute atomic E-state index is 12.5. The van der Waals surface area contributed by atoms with Gasteiger partial charge in [0, 0.05) is 6.04 Å². The van der Waals surface area contributed by atoms with Crippen molar-refractivity contribution in [2.45, 2.75) is 76.9 Å². The van der Waals surface area contributed by atoms with Gasteiger partial charge >= 0.3 is 0 Å². The Morgan fingerprint density at radius 1 is 1.33 bits per heavy atom. The lowest BCUT2D eigenvalue weighted by Gasteiger charge is -2.52. The van der Waals surface area contributed by atoms with E-state index in [1.54, 1.807) is 6.92 Å². The van der Waals surface area contributed by atoms with Crippen molar-refractivity contribution in [1.29, 1.82) is 0 Å². The van der Waals surface area contributed by atoms with Gasteiger partial charge < -0.3 is 10.2 Å². The zero-order valence-electron chi connectivity index (χ0n) is 11.7. The molecule has 1 aliphatic carbocycles. The van der Waals surface area contributed by atoms with Crippen molar-refractivity contribution >= 4 is 11.8 Å². The summed E-state index contributed by atoms with van der Waals surface area (Å²) in [6, 6.07) is -0.233. The molecule has 1 N–H and O–H groups in total. The minimum atomic E-state index is -0.558. The third-order valence-electron chi connectivity index (χ3n) is 4.55. The summed E-state index contributed by atoms with van der Waals surface area (Å²) in [6.45, 7) is 5.91. The summed E-state index contributed by atoms with van der Waals surface area (Å²) in [5, 5.41) is 2.87. The Morgan fingerprint density at radius 3 is 2.50 bits per heavy atom. The smallest absolute Gasteiger partial charge is 0.246 e. The van der Waals surface area contributed by atoms with E-state index in [1.165, 1.54) is 6.42 Å². The first-order valence-corrected chi connectivity index (χ1v) is 7.17. The summed E-state index contributed by atoms with van der Waals surface area (Å²) in [4.78, 5) is 26.8. The lowest BCUT2D eigenvalue weighted by molar-refractivity contribution is -0.163. The van der Waals surface area contributed by atoms with Gasteiger partial charge in [0.25, 0.3) is 0 Å². The molecule has 1 saturated carbocycles.